The van der Waals surface area contributed by atoms with Crippen LogP contribution in [0.4, 0.5) is 0 Å². The van der Waals surface area contributed by atoms with Gasteiger partial charge in [0, 0.05) is 11.1 Å². The fourth-order valence-corrected chi connectivity index (χ4v) is 2.17. The molecule has 0 aliphatic rings. The van der Waals surface area contributed by atoms with E-state index in [9.17, 15) is 14.7 Å². The van der Waals surface area contributed by atoms with Gasteiger partial charge in [-0.15, -0.1) is 0 Å². The summed E-state index contributed by atoms with van der Waals surface area (Å²) in [7, 11) is 0. The van der Waals surface area contributed by atoms with E-state index in [0.717, 1.165) is 0 Å². The minimum absolute atomic E-state index is 0.239. The first kappa shape index (κ1) is 17.5. The molecule has 0 bridgehead atoms. The summed E-state index contributed by atoms with van der Waals surface area (Å²) in [5, 5.41) is 10.1. The van der Waals surface area contributed by atoms with Crippen molar-refractivity contribution in [1.82, 2.24) is 0 Å². The topological polar surface area (TPSA) is 89.6 Å². The molecule has 1 unspecified atom stereocenters. The quantitative estimate of drug-likeness (QED) is 0.658. The number of carbonyl (C=O) groups excluding carboxylic acids is 1. The zero-order valence-electron chi connectivity index (χ0n) is 12.5. The zero-order valence-corrected chi connectivity index (χ0v) is 13.3. The molecule has 5 nitrogen and oxygen atoms in total. The van der Waals surface area contributed by atoms with Crippen LogP contribution < -0.4 is 5.73 Å². The van der Waals surface area contributed by atoms with Crippen LogP contribution >= 0.6 is 11.6 Å². The molecule has 1 rings (SSSR count). The lowest BCUT2D eigenvalue weighted by Crippen LogP contribution is -2.57. The fraction of sp³-hybridized carbons (Fsp3) is 0.467. The second kappa shape index (κ2) is 6.03. The molecule has 0 saturated heterocycles. The van der Waals surface area contributed by atoms with Crippen molar-refractivity contribution in [2.24, 2.45) is 5.73 Å². The lowest BCUT2D eigenvalue weighted by Gasteiger charge is -2.34. The monoisotopic (exact) mass is 313 g/mol. The van der Waals surface area contributed by atoms with Gasteiger partial charge < -0.3 is 15.6 Å². The van der Waals surface area contributed by atoms with Gasteiger partial charge in [-0.1, -0.05) is 23.7 Å². The van der Waals surface area contributed by atoms with Gasteiger partial charge in [0.25, 0.3) is 0 Å². The van der Waals surface area contributed by atoms with Gasteiger partial charge in [-0.2, -0.15) is 0 Å². The summed E-state index contributed by atoms with van der Waals surface area (Å²) < 4.78 is 5.28. The summed E-state index contributed by atoms with van der Waals surface area (Å²) in [4.78, 5) is 24.4. The Morgan fingerprint density at radius 1 is 1.24 bits per heavy atom. The van der Waals surface area contributed by atoms with Gasteiger partial charge in [-0.3, -0.25) is 9.59 Å². The van der Waals surface area contributed by atoms with Crippen molar-refractivity contribution >= 4 is 23.5 Å². The third-order valence-corrected chi connectivity index (χ3v) is 3.29. The summed E-state index contributed by atoms with van der Waals surface area (Å²) in [6.45, 7) is 6.47. The predicted octanol–water partition coefficient (Wildman–Crippen LogP) is 2.35. The highest BCUT2D eigenvalue weighted by Crippen LogP contribution is 2.32. The van der Waals surface area contributed by atoms with Crippen molar-refractivity contribution in [3.8, 4) is 0 Å². The van der Waals surface area contributed by atoms with Gasteiger partial charge >= 0.3 is 11.9 Å². The van der Waals surface area contributed by atoms with Crippen molar-refractivity contribution in [3.63, 3.8) is 0 Å². The van der Waals surface area contributed by atoms with Gasteiger partial charge in [-0.05, 0) is 45.4 Å². The lowest BCUT2D eigenvalue weighted by atomic mass is 9.75. The molecular weight excluding hydrogens is 294 g/mol. The Bertz CT molecular complexity index is 534. The summed E-state index contributed by atoms with van der Waals surface area (Å²) in [5.41, 5.74) is 3.29. The molecule has 0 aromatic heterocycles. The summed E-state index contributed by atoms with van der Waals surface area (Å²) in [6, 6.07) is 5.00. The van der Waals surface area contributed by atoms with Crippen LogP contribution in [-0.4, -0.2) is 28.7 Å². The number of hydrogen-bond acceptors (Lipinski definition) is 4. The van der Waals surface area contributed by atoms with E-state index in [2.05, 4.69) is 0 Å². The first-order valence-corrected chi connectivity index (χ1v) is 6.88. The van der Waals surface area contributed by atoms with Crippen LogP contribution in [-0.2, 0) is 19.7 Å². The summed E-state index contributed by atoms with van der Waals surface area (Å²) in [5.74, 6) is -2.24. The van der Waals surface area contributed by atoms with Gasteiger partial charge in [0.2, 0.25) is 5.41 Å². The Morgan fingerprint density at radius 3 is 2.05 bits per heavy atom. The van der Waals surface area contributed by atoms with Crippen LogP contribution in [0.2, 0.25) is 5.02 Å². The Balaban J connectivity index is 3.45. The van der Waals surface area contributed by atoms with Crippen molar-refractivity contribution in [3.05, 3.63) is 34.9 Å². The van der Waals surface area contributed by atoms with Crippen molar-refractivity contribution in [1.29, 1.82) is 0 Å². The van der Waals surface area contributed by atoms with E-state index >= 15 is 0 Å². The summed E-state index contributed by atoms with van der Waals surface area (Å²) in [6.07, 6.45) is 0. The third-order valence-electron chi connectivity index (χ3n) is 3.04. The van der Waals surface area contributed by atoms with E-state index < -0.39 is 29.0 Å². The van der Waals surface area contributed by atoms with Gasteiger partial charge in [0.15, 0.2) is 0 Å². The molecule has 0 spiro atoms. The first-order valence-electron chi connectivity index (χ1n) is 6.50. The zero-order chi connectivity index (χ0) is 16.4. The molecule has 0 amide bonds. The number of carboxylic acid groups (broad SMARTS) is 1. The molecule has 0 aliphatic heterocycles. The standard InChI is InChI=1S/C15H20ClNO4/c1-9(17)15(12(18)19,13(20)21-14(2,3)4)10-5-7-11(16)8-6-10/h5-9H,17H2,1-4H3,(H,18,19)/t9?,15-/m1/s1. The predicted molar refractivity (Wildman–Crippen MR) is 80.3 cm³/mol. The number of carbonyl (C=O) groups is 2. The molecule has 0 saturated carbocycles. The molecular formula is C15H20ClNO4. The number of esters is 1. The van der Waals surface area contributed by atoms with E-state index in [-0.39, 0.29) is 5.56 Å². The lowest BCUT2D eigenvalue weighted by molar-refractivity contribution is -0.171. The van der Waals surface area contributed by atoms with E-state index in [1.165, 1.54) is 31.2 Å². The highest BCUT2D eigenvalue weighted by molar-refractivity contribution is 6.30. The summed E-state index contributed by atoms with van der Waals surface area (Å²) >= 11 is 5.81. The number of ether oxygens (including phenoxy) is 1. The van der Waals surface area contributed by atoms with Crippen LogP contribution in [0.1, 0.15) is 33.3 Å². The number of hydrogen-bond donors (Lipinski definition) is 2. The molecule has 116 valence electrons. The van der Waals surface area contributed by atoms with E-state index in [4.69, 9.17) is 22.1 Å². The molecule has 6 heteroatoms. The number of rotatable bonds is 4. The highest BCUT2D eigenvalue weighted by Gasteiger charge is 2.53. The van der Waals surface area contributed by atoms with Gasteiger partial charge in [-0.25, -0.2) is 0 Å². The average molecular weight is 314 g/mol. The Kier molecular flexibility index (Phi) is 5.02. The Labute approximate surface area is 129 Å². The third kappa shape index (κ3) is 3.54. The minimum atomic E-state index is -1.97. The fourth-order valence-electron chi connectivity index (χ4n) is 2.04. The Hall–Kier alpha value is -1.59. The largest absolute Gasteiger partial charge is 0.480 e. The molecule has 0 fully saturated rings. The molecule has 21 heavy (non-hydrogen) atoms. The number of halogens is 1. The Morgan fingerprint density at radius 2 is 1.71 bits per heavy atom. The highest BCUT2D eigenvalue weighted by atomic mass is 35.5. The van der Waals surface area contributed by atoms with Crippen molar-refractivity contribution in [2.45, 2.75) is 44.8 Å². The first-order chi connectivity index (χ1) is 9.51. The van der Waals surface area contributed by atoms with E-state index in [0.29, 0.717) is 5.02 Å². The van der Waals surface area contributed by atoms with Crippen LogP contribution in [0.5, 0.6) is 0 Å². The van der Waals surface area contributed by atoms with Gasteiger partial charge in [0.05, 0.1) is 0 Å². The average Bonchev–Trinajstić information content (AvgIpc) is 2.28. The maximum Gasteiger partial charge on any atom is 0.330 e. The van der Waals surface area contributed by atoms with Gasteiger partial charge in [0.1, 0.15) is 5.60 Å². The molecule has 2 atom stereocenters. The van der Waals surface area contributed by atoms with E-state index in [1.54, 1.807) is 20.8 Å². The second-order valence-corrected chi connectivity index (χ2v) is 6.35. The van der Waals surface area contributed by atoms with Crippen LogP contribution in [0, 0.1) is 0 Å². The maximum absolute atomic E-state index is 12.5. The normalized spacial score (nSPS) is 15.9. The SMILES string of the molecule is CC(N)[C@@](C(=O)O)(C(=O)OC(C)(C)C)c1ccc(Cl)cc1. The number of benzene rings is 1. The van der Waals surface area contributed by atoms with Crippen molar-refractivity contribution < 1.29 is 19.4 Å². The number of nitrogens with two attached hydrogens (primary N) is 1. The molecule has 3 N–H and O–H groups in total. The van der Waals surface area contributed by atoms with E-state index in [1.807, 2.05) is 0 Å². The number of aliphatic carboxylic acids is 1. The molecule has 1 aromatic rings. The second-order valence-electron chi connectivity index (χ2n) is 5.91. The van der Waals surface area contributed by atoms with Crippen LogP contribution in [0.15, 0.2) is 24.3 Å². The molecule has 0 heterocycles. The van der Waals surface area contributed by atoms with Crippen LogP contribution in [0.3, 0.4) is 0 Å². The molecule has 0 radical (unpaired) electrons. The minimum Gasteiger partial charge on any atom is -0.480 e. The maximum atomic E-state index is 12.5. The smallest absolute Gasteiger partial charge is 0.330 e. The van der Waals surface area contributed by atoms with Crippen molar-refractivity contribution in [2.75, 3.05) is 0 Å². The number of carboxylic acids is 1. The molecule has 0 aliphatic carbocycles. The van der Waals surface area contributed by atoms with Crippen LogP contribution in [0.25, 0.3) is 0 Å². The molecule has 1 aromatic carbocycles.